The van der Waals surface area contributed by atoms with Crippen LogP contribution in [0.1, 0.15) is 44.2 Å². The highest BCUT2D eigenvalue weighted by Crippen LogP contribution is 2.32. The summed E-state index contributed by atoms with van der Waals surface area (Å²) in [7, 11) is 0. The van der Waals surface area contributed by atoms with Gasteiger partial charge in [0.1, 0.15) is 11.4 Å². The lowest BCUT2D eigenvalue weighted by atomic mass is 9.87. The van der Waals surface area contributed by atoms with Crippen LogP contribution >= 0.6 is 0 Å². The number of aromatic nitrogens is 1. The molecule has 0 saturated carbocycles. The van der Waals surface area contributed by atoms with E-state index in [1.54, 1.807) is 44.2 Å². The lowest BCUT2D eigenvalue weighted by Crippen LogP contribution is -2.45. The summed E-state index contributed by atoms with van der Waals surface area (Å²) < 4.78 is 25.1. The van der Waals surface area contributed by atoms with Crippen LogP contribution in [0, 0.1) is 5.82 Å². The third kappa shape index (κ3) is 6.27. The number of nitrogens with zero attached hydrogens (tertiary/aromatic N) is 2. The highest BCUT2D eigenvalue weighted by atomic mass is 19.1. The molecule has 2 aromatic carbocycles. The fourth-order valence-corrected chi connectivity index (χ4v) is 4.03. The lowest BCUT2D eigenvalue weighted by molar-refractivity contribution is -0.179. The van der Waals surface area contributed by atoms with Crippen molar-refractivity contribution < 1.29 is 23.5 Å². The average Bonchev–Trinajstić information content (AvgIpc) is 2.77. The molecular formula is C26H29FN2O4. The maximum Gasteiger partial charge on any atom is 0.528 e. The van der Waals surface area contributed by atoms with E-state index >= 15 is 0 Å². The zero-order chi connectivity index (χ0) is 23.4. The number of benzene rings is 2. The number of hydrogen-bond donors (Lipinski definition) is 0. The second-order valence-electron chi connectivity index (χ2n) is 9.30. The monoisotopic (exact) mass is 452 g/mol. The Balaban J connectivity index is 1.48. The summed E-state index contributed by atoms with van der Waals surface area (Å²) in [4.78, 5) is 21.7. The van der Waals surface area contributed by atoms with Gasteiger partial charge in [0.05, 0.1) is 19.3 Å². The van der Waals surface area contributed by atoms with Crippen LogP contribution in [0.4, 0.5) is 9.18 Å². The van der Waals surface area contributed by atoms with Gasteiger partial charge in [-0.2, -0.15) is 0 Å². The predicted octanol–water partition coefficient (Wildman–Crippen LogP) is 5.62. The van der Waals surface area contributed by atoms with E-state index in [0.29, 0.717) is 26.1 Å². The Labute approximate surface area is 193 Å². The molecule has 4 rings (SSSR count). The molecule has 0 spiro atoms. The molecule has 2 atom stereocenters. The zero-order valence-electron chi connectivity index (χ0n) is 19.2. The second-order valence-corrected chi connectivity index (χ2v) is 9.30. The van der Waals surface area contributed by atoms with Crippen molar-refractivity contribution in [2.75, 3.05) is 13.1 Å². The summed E-state index contributed by atoms with van der Waals surface area (Å²) in [6.07, 6.45) is 3.31. The molecule has 174 valence electrons. The SMILES string of the molecule is CC(C)(C)OC(=O)ON1CCC(c2ccc(F)cc2)C(OCc2ccc3cnccc3c2)C1. The van der Waals surface area contributed by atoms with Crippen LogP contribution < -0.4 is 0 Å². The molecule has 1 saturated heterocycles. The van der Waals surface area contributed by atoms with E-state index in [4.69, 9.17) is 14.3 Å². The van der Waals surface area contributed by atoms with Gasteiger partial charge in [-0.15, -0.1) is 5.06 Å². The van der Waals surface area contributed by atoms with E-state index < -0.39 is 11.8 Å². The van der Waals surface area contributed by atoms with Crippen molar-refractivity contribution in [1.82, 2.24) is 10.0 Å². The van der Waals surface area contributed by atoms with Crippen LogP contribution in [0.25, 0.3) is 10.8 Å². The molecule has 0 N–H and O–H groups in total. The topological polar surface area (TPSA) is 60.9 Å². The van der Waals surface area contributed by atoms with E-state index in [1.807, 2.05) is 24.4 Å². The Morgan fingerprint density at radius 2 is 1.91 bits per heavy atom. The number of hydroxylamine groups is 2. The van der Waals surface area contributed by atoms with Gasteiger partial charge in [-0.25, -0.2) is 9.18 Å². The van der Waals surface area contributed by atoms with Crippen molar-refractivity contribution in [3.8, 4) is 0 Å². The van der Waals surface area contributed by atoms with Crippen molar-refractivity contribution in [3.05, 3.63) is 77.9 Å². The number of hydrogen-bond acceptors (Lipinski definition) is 6. The minimum Gasteiger partial charge on any atom is -0.427 e. The Bertz CT molecular complexity index is 1100. The highest BCUT2D eigenvalue weighted by Gasteiger charge is 2.34. The fourth-order valence-electron chi connectivity index (χ4n) is 4.03. The number of ether oxygens (including phenoxy) is 2. The fraction of sp³-hybridized carbons (Fsp3) is 0.385. The van der Waals surface area contributed by atoms with Gasteiger partial charge in [0.2, 0.25) is 0 Å². The average molecular weight is 453 g/mol. The van der Waals surface area contributed by atoms with Crippen LogP contribution in [0.5, 0.6) is 0 Å². The number of rotatable bonds is 5. The predicted molar refractivity (Wildman–Crippen MR) is 123 cm³/mol. The number of carbonyl (C=O) groups excluding carboxylic acids is 1. The van der Waals surface area contributed by atoms with E-state index in [1.165, 1.54) is 12.1 Å². The molecular weight excluding hydrogens is 423 g/mol. The summed E-state index contributed by atoms with van der Waals surface area (Å²) in [6.45, 7) is 6.70. The number of halogens is 1. The first-order valence-electron chi connectivity index (χ1n) is 11.1. The third-order valence-corrected chi connectivity index (χ3v) is 5.58. The summed E-state index contributed by atoms with van der Waals surface area (Å²) in [5.41, 5.74) is 1.41. The maximum atomic E-state index is 13.5. The molecule has 1 aliphatic rings. The molecule has 3 aromatic rings. The molecule has 0 radical (unpaired) electrons. The van der Waals surface area contributed by atoms with Gasteiger partial charge in [-0.1, -0.05) is 24.3 Å². The molecule has 2 unspecified atom stereocenters. The Hall–Kier alpha value is -3.03. The number of fused-ring (bicyclic) bond motifs is 1. The van der Waals surface area contributed by atoms with E-state index in [2.05, 4.69) is 11.1 Å². The summed E-state index contributed by atoms with van der Waals surface area (Å²) in [5.74, 6) is -0.221. The molecule has 33 heavy (non-hydrogen) atoms. The van der Waals surface area contributed by atoms with Gasteiger partial charge in [-0.3, -0.25) is 4.98 Å². The Morgan fingerprint density at radius 3 is 2.67 bits per heavy atom. The van der Waals surface area contributed by atoms with E-state index in [0.717, 1.165) is 21.9 Å². The molecule has 7 heteroatoms. The van der Waals surface area contributed by atoms with Gasteiger partial charge in [0.25, 0.3) is 0 Å². The van der Waals surface area contributed by atoms with Crippen LogP contribution in [0.3, 0.4) is 0 Å². The first-order chi connectivity index (χ1) is 15.8. The molecule has 2 heterocycles. The molecule has 6 nitrogen and oxygen atoms in total. The maximum absolute atomic E-state index is 13.5. The van der Waals surface area contributed by atoms with E-state index in [9.17, 15) is 9.18 Å². The number of carbonyl (C=O) groups is 1. The minimum absolute atomic E-state index is 0.0498. The van der Waals surface area contributed by atoms with Gasteiger partial charge in [0.15, 0.2) is 0 Å². The Morgan fingerprint density at radius 1 is 1.12 bits per heavy atom. The van der Waals surface area contributed by atoms with Crippen LogP contribution in [-0.4, -0.2) is 41.0 Å². The van der Waals surface area contributed by atoms with Gasteiger partial charge < -0.3 is 14.3 Å². The minimum atomic E-state index is -0.732. The zero-order valence-corrected chi connectivity index (χ0v) is 19.2. The van der Waals surface area contributed by atoms with Crippen molar-refractivity contribution in [2.45, 2.75) is 51.4 Å². The molecule has 0 bridgehead atoms. The van der Waals surface area contributed by atoms with Gasteiger partial charge in [0, 0.05) is 30.2 Å². The quantitative estimate of drug-likeness (QED) is 0.469. The normalized spacial score (nSPS) is 19.4. The van der Waals surface area contributed by atoms with E-state index in [-0.39, 0.29) is 17.8 Å². The summed E-state index contributed by atoms with van der Waals surface area (Å²) >= 11 is 0. The first-order valence-corrected chi connectivity index (χ1v) is 11.1. The Kier molecular flexibility index (Phi) is 6.91. The lowest BCUT2D eigenvalue weighted by Gasteiger charge is -2.37. The molecule has 1 aromatic heterocycles. The third-order valence-electron chi connectivity index (χ3n) is 5.58. The summed E-state index contributed by atoms with van der Waals surface area (Å²) in [5, 5.41) is 3.75. The largest absolute Gasteiger partial charge is 0.528 e. The van der Waals surface area contributed by atoms with Crippen LogP contribution in [-0.2, 0) is 20.9 Å². The van der Waals surface area contributed by atoms with Crippen molar-refractivity contribution in [1.29, 1.82) is 0 Å². The molecule has 0 aliphatic carbocycles. The highest BCUT2D eigenvalue weighted by molar-refractivity contribution is 5.81. The standard InChI is InChI=1S/C26H29FN2O4/c1-26(2,3)32-25(30)33-29-13-11-23(19-6-8-22(27)9-7-19)24(16-29)31-17-18-4-5-21-15-28-12-10-20(21)14-18/h4-10,12,14-15,23-24H,11,13,16-17H2,1-3H3. The van der Waals surface area contributed by atoms with Crippen LogP contribution in [0.2, 0.25) is 0 Å². The van der Waals surface area contributed by atoms with Crippen molar-refractivity contribution in [3.63, 3.8) is 0 Å². The summed E-state index contributed by atoms with van der Waals surface area (Å²) in [6, 6.07) is 14.6. The van der Waals surface area contributed by atoms with Gasteiger partial charge >= 0.3 is 6.16 Å². The van der Waals surface area contributed by atoms with Crippen LogP contribution in [0.15, 0.2) is 60.9 Å². The number of piperidine rings is 1. The second kappa shape index (κ2) is 9.85. The van der Waals surface area contributed by atoms with Crippen molar-refractivity contribution >= 4 is 16.9 Å². The number of pyridine rings is 1. The van der Waals surface area contributed by atoms with Crippen molar-refractivity contribution in [2.24, 2.45) is 0 Å². The van der Waals surface area contributed by atoms with Gasteiger partial charge in [-0.05, 0) is 68.0 Å². The molecule has 1 fully saturated rings. The molecule has 1 aliphatic heterocycles. The molecule has 0 amide bonds. The smallest absolute Gasteiger partial charge is 0.427 e. The first kappa shape index (κ1) is 23.1.